The van der Waals surface area contributed by atoms with E-state index in [1.807, 2.05) is 38.1 Å². The van der Waals surface area contributed by atoms with E-state index in [9.17, 15) is 9.59 Å². The number of nitrogens with zero attached hydrogens (tertiary/aromatic N) is 2. The predicted molar refractivity (Wildman–Crippen MR) is 131 cm³/mol. The fourth-order valence-corrected chi connectivity index (χ4v) is 4.45. The average Bonchev–Trinajstić information content (AvgIpc) is 3.09. The Morgan fingerprint density at radius 1 is 1.18 bits per heavy atom. The summed E-state index contributed by atoms with van der Waals surface area (Å²) < 4.78 is 16.8. The summed E-state index contributed by atoms with van der Waals surface area (Å²) in [5.41, 5.74) is 1.41. The van der Waals surface area contributed by atoms with Crippen LogP contribution in [0.4, 0.5) is 5.69 Å². The molecule has 1 aliphatic rings. The number of hydrogen-bond donors (Lipinski definition) is 1. The number of halogens is 1. The third-order valence-electron chi connectivity index (χ3n) is 4.50. The molecular weight excluding hydrogens is 512 g/mol. The van der Waals surface area contributed by atoms with Crippen LogP contribution >= 0.6 is 27.7 Å². The van der Waals surface area contributed by atoms with Gasteiger partial charge in [-0.25, -0.2) is 9.79 Å². The number of benzene rings is 2. The number of carboxylic acids is 1. The van der Waals surface area contributed by atoms with Gasteiger partial charge in [0.15, 0.2) is 23.3 Å². The highest BCUT2D eigenvalue weighted by molar-refractivity contribution is 9.10. The van der Waals surface area contributed by atoms with Crippen LogP contribution < -0.4 is 14.2 Å². The van der Waals surface area contributed by atoms with Crippen molar-refractivity contribution in [2.45, 2.75) is 13.8 Å². The third-order valence-corrected chi connectivity index (χ3v) is 6.20. The van der Waals surface area contributed by atoms with Gasteiger partial charge in [0, 0.05) is 11.0 Å². The highest BCUT2D eigenvalue weighted by Gasteiger charge is 2.32. The Balaban J connectivity index is 1.93. The van der Waals surface area contributed by atoms with Gasteiger partial charge >= 0.3 is 5.97 Å². The van der Waals surface area contributed by atoms with E-state index in [2.05, 4.69) is 20.9 Å². The molecule has 33 heavy (non-hydrogen) atoms. The van der Waals surface area contributed by atoms with Crippen LogP contribution in [0.5, 0.6) is 17.2 Å². The maximum Gasteiger partial charge on any atom is 0.341 e. The SMILES string of the molecule is CCOc1cc(/C=C2/SC(=Nc3ccc(OC)cc3)N(CC)C2=O)c(Br)cc1OCC(=O)O. The molecule has 0 saturated carbocycles. The summed E-state index contributed by atoms with van der Waals surface area (Å²) in [6, 6.07) is 10.6. The summed E-state index contributed by atoms with van der Waals surface area (Å²) in [4.78, 5) is 30.6. The van der Waals surface area contributed by atoms with Crippen LogP contribution in [0.1, 0.15) is 19.4 Å². The quantitative estimate of drug-likeness (QED) is 0.454. The highest BCUT2D eigenvalue weighted by atomic mass is 79.9. The lowest BCUT2D eigenvalue weighted by Crippen LogP contribution is -2.28. The third kappa shape index (κ3) is 6.08. The lowest BCUT2D eigenvalue weighted by atomic mass is 10.2. The summed E-state index contributed by atoms with van der Waals surface area (Å²) in [5.74, 6) is 0.189. The summed E-state index contributed by atoms with van der Waals surface area (Å²) in [6.45, 7) is 4.07. The molecule has 3 rings (SSSR count). The number of amides is 1. The van der Waals surface area contributed by atoms with Gasteiger partial charge < -0.3 is 19.3 Å². The molecule has 0 unspecified atom stereocenters. The second-order valence-corrected chi connectivity index (χ2v) is 8.55. The minimum atomic E-state index is -1.09. The van der Waals surface area contributed by atoms with Gasteiger partial charge in [-0.15, -0.1) is 0 Å². The Morgan fingerprint density at radius 3 is 2.48 bits per heavy atom. The first-order chi connectivity index (χ1) is 15.9. The van der Waals surface area contributed by atoms with Gasteiger partial charge in [-0.2, -0.15) is 0 Å². The number of carbonyl (C=O) groups excluding carboxylic acids is 1. The zero-order valence-corrected chi connectivity index (χ0v) is 20.7. The van der Waals surface area contributed by atoms with E-state index < -0.39 is 12.6 Å². The van der Waals surface area contributed by atoms with Crippen molar-refractivity contribution in [3.63, 3.8) is 0 Å². The first-order valence-corrected chi connectivity index (χ1v) is 11.7. The zero-order valence-electron chi connectivity index (χ0n) is 18.3. The van der Waals surface area contributed by atoms with Crippen molar-refractivity contribution in [2.24, 2.45) is 4.99 Å². The molecular formula is C23H23BrN2O6S. The van der Waals surface area contributed by atoms with Gasteiger partial charge in [0.05, 0.1) is 24.3 Å². The smallest absolute Gasteiger partial charge is 0.341 e. The van der Waals surface area contributed by atoms with Crippen molar-refractivity contribution in [3.8, 4) is 17.2 Å². The molecule has 174 valence electrons. The van der Waals surface area contributed by atoms with Crippen LogP contribution in [-0.2, 0) is 9.59 Å². The fraction of sp³-hybridized carbons (Fsp3) is 0.261. The first kappa shape index (κ1) is 24.7. The minimum absolute atomic E-state index is 0.147. The molecule has 2 aromatic rings. The van der Waals surface area contributed by atoms with Crippen LogP contribution in [0, 0.1) is 0 Å². The van der Waals surface area contributed by atoms with E-state index in [1.165, 1.54) is 11.8 Å². The van der Waals surface area contributed by atoms with Crippen LogP contribution in [-0.4, -0.2) is 53.9 Å². The Labute approximate surface area is 204 Å². The molecule has 1 aliphatic heterocycles. The normalized spacial score (nSPS) is 15.9. The van der Waals surface area contributed by atoms with Crippen molar-refractivity contribution in [3.05, 3.63) is 51.3 Å². The van der Waals surface area contributed by atoms with E-state index >= 15 is 0 Å². The number of likely N-dealkylation sites (N-methyl/N-ethyl adjacent to an activating group) is 1. The fourth-order valence-electron chi connectivity index (χ4n) is 2.96. The number of carboxylic acid groups (broad SMARTS) is 1. The van der Waals surface area contributed by atoms with Crippen LogP contribution in [0.2, 0.25) is 0 Å². The second kappa shape index (κ2) is 11.2. The number of methoxy groups -OCH3 is 1. The van der Waals surface area contributed by atoms with E-state index in [-0.39, 0.29) is 5.91 Å². The second-order valence-electron chi connectivity index (χ2n) is 6.69. The Bertz CT molecular complexity index is 1100. The van der Waals surface area contributed by atoms with E-state index in [0.717, 1.165) is 5.75 Å². The van der Waals surface area contributed by atoms with Gasteiger partial charge in [0.25, 0.3) is 5.91 Å². The molecule has 8 nitrogen and oxygen atoms in total. The highest BCUT2D eigenvalue weighted by Crippen LogP contribution is 2.39. The van der Waals surface area contributed by atoms with Crippen LogP contribution in [0.3, 0.4) is 0 Å². The molecule has 0 aliphatic carbocycles. The number of aliphatic imine (C=N–C) groups is 1. The molecule has 0 aromatic heterocycles. The molecule has 10 heteroatoms. The van der Waals surface area contributed by atoms with E-state index in [1.54, 1.807) is 30.2 Å². The van der Waals surface area contributed by atoms with Gasteiger partial charge in [-0.05, 0) is 73.6 Å². The molecule has 1 fully saturated rings. The summed E-state index contributed by atoms with van der Waals surface area (Å²) >= 11 is 4.76. The number of carbonyl (C=O) groups is 2. The topological polar surface area (TPSA) is 97.7 Å². The largest absolute Gasteiger partial charge is 0.497 e. The predicted octanol–water partition coefficient (Wildman–Crippen LogP) is 4.94. The maximum absolute atomic E-state index is 13.0. The Morgan fingerprint density at radius 2 is 1.88 bits per heavy atom. The van der Waals surface area contributed by atoms with E-state index in [4.69, 9.17) is 19.3 Å². The summed E-state index contributed by atoms with van der Waals surface area (Å²) in [7, 11) is 1.60. The lowest BCUT2D eigenvalue weighted by Gasteiger charge is -2.13. The van der Waals surface area contributed by atoms with Crippen molar-refractivity contribution < 1.29 is 28.9 Å². The van der Waals surface area contributed by atoms with Gasteiger partial charge in [-0.3, -0.25) is 9.69 Å². The maximum atomic E-state index is 13.0. The van der Waals surface area contributed by atoms with Crippen molar-refractivity contribution >= 4 is 56.5 Å². The lowest BCUT2D eigenvalue weighted by molar-refractivity contribution is -0.139. The number of ether oxygens (including phenoxy) is 3. The van der Waals surface area contributed by atoms with Gasteiger partial charge in [0.2, 0.25) is 0 Å². The Hall–Kier alpha value is -2.98. The molecule has 1 heterocycles. The number of thioether (sulfide) groups is 1. The molecule has 0 bridgehead atoms. The average molecular weight is 535 g/mol. The van der Waals surface area contributed by atoms with Gasteiger partial charge in [-0.1, -0.05) is 15.9 Å². The minimum Gasteiger partial charge on any atom is -0.497 e. The number of hydrogen-bond acceptors (Lipinski definition) is 7. The summed E-state index contributed by atoms with van der Waals surface area (Å²) in [5, 5.41) is 9.48. The molecule has 0 atom stereocenters. The number of aliphatic carboxylic acids is 1. The standard InChI is InChI=1S/C23H23BrN2O6S/c1-4-26-22(29)20(33-23(26)25-15-6-8-16(30-3)9-7-15)11-14-10-18(31-5-2)19(12-17(14)24)32-13-21(27)28/h6-12H,4-5,13H2,1-3H3,(H,27,28)/b20-11+,25-23?. The number of rotatable bonds is 9. The van der Waals surface area contributed by atoms with Gasteiger partial charge in [0.1, 0.15) is 5.75 Å². The van der Waals surface area contributed by atoms with Crippen LogP contribution in [0.15, 0.2) is 50.8 Å². The molecule has 0 spiro atoms. The van der Waals surface area contributed by atoms with E-state index in [0.29, 0.717) is 50.4 Å². The first-order valence-electron chi connectivity index (χ1n) is 10.1. The molecule has 1 N–H and O–H groups in total. The number of amidine groups is 1. The molecule has 1 saturated heterocycles. The van der Waals surface area contributed by atoms with Crippen molar-refractivity contribution in [1.82, 2.24) is 4.90 Å². The van der Waals surface area contributed by atoms with Crippen molar-refractivity contribution in [2.75, 3.05) is 26.9 Å². The summed E-state index contributed by atoms with van der Waals surface area (Å²) in [6.07, 6.45) is 1.75. The molecule has 0 radical (unpaired) electrons. The monoisotopic (exact) mass is 534 g/mol. The molecule has 1 amide bonds. The molecule has 2 aromatic carbocycles. The van der Waals surface area contributed by atoms with Crippen molar-refractivity contribution in [1.29, 1.82) is 0 Å². The Kier molecular flexibility index (Phi) is 8.40. The van der Waals surface area contributed by atoms with Crippen LogP contribution in [0.25, 0.3) is 6.08 Å². The zero-order chi connectivity index (χ0) is 24.0.